The van der Waals surface area contributed by atoms with Crippen molar-refractivity contribution in [3.8, 4) is 0 Å². The molecule has 0 spiro atoms. The average Bonchev–Trinajstić information content (AvgIpc) is 2.29. The molecule has 0 aliphatic heterocycles. The molecule has 1 unspecified atom stereocenters. The molecule has 18 heavy (non-hydrogen) atoms. The van der Waals surface area contributed by atoms with Crippen LogP contribution in [0.5, 0.6) is 0 Å². The van der Waals surface area contributed by atoms with Gasteiger partial charge in [-0.1, -0.05) is 35.3 Å². The molecule has 3 nitrogen and oxygen atoms in total. The number of amides is 1. The highest BCUT2D eigenvalue weighted by Crippen LogP contribution is 2.29. The van der Waals surface area contributed by atoms with E-state index in [9.17, 15) is 4.79 Å². The Hall–Kier alpha value is -0.480. The smallest absolute Gasteiger partial charge is 0.220 e. The molecular formula is C12H17Cl3N2O. The number of carbonyl (C=O) groups excluding carboxylic acids is 1. The average molecular weight is 312 g/mol. The van der Waals surface area contributed by atoms with Crippen molar-refractivity contribution in [3.05, 3.63) is 33.8 Å². The Labute approximate surface area is 123 Å². The van der Waals surface area contributed by atoms with Gasteiger partial charge in [0.1, 0.15) is 0 Å². The monoisotopic (exact) mass is 310 g/mol. The number of hydrogen-bond donors (Lipinski definition) is 2. The van der Waals surface area contributed by atoms with Crippen LogP contribution in [0.15, 0.2) is 18.2 Å². The minimum Gasteiger partial charge on any atom is -0.350 e. The third-order valence-corrected chi connectivity index (χ3v) is 3.27. The highest BCUT2D eigenvalue weighted by Gasteiger charge is 2.13. The summed E-state index contributed by atoms with van der Waals surface area (Å²) in [5.41, 5.74) is 6.16. The number of benzene rings is 1. The molecule has 1 aromatic carbocycles. The summed E-state index contributed by atoms with van der Waals surface area (Å²) in [5, 5.41) is 3.84. The van der Waals surface area contributed by atoms with E-state index < -0.39 is 0 Å². The fraction of sp³-hybridized carbons (Fsp3) is 0.417. The first-order chi connectivity index (χ1) is 8.06. The fourth-order valence-corrected chi connectivity index (χ4v) is 1.98. The van der Waals surface area contributed by atoms with Crippen molar-refractivity contribution in [2.45, 2.75) is 25.8 Å². The second-order valence-corrected chi connectivity index (χ2v) is 4.61. The van der Waals surface area contributed by atoms with Gasteiger partial charge in [-0.3, -0.25) is 4.79 Å². The first-order valence-corrected chi connectivity index (χ1v) is 6.25. The van der Waals surface area contributed by atoms with Crippen LogP contribution in [0.2, 0.25) is 10.0 Å². The molecule has 0 aromatic heterocycles. The number of halogens is 3. The van der Waals surface area contributed by atoms with Crippen LogP contribution in [0.25, 0.3) is 0 Å². The molecular weight excluding hydrogens is 295 g/mol. The van der Waals surface area contributed by atoms with Crippen LogP contribution < -0.4 is 11.1 Å². The predicted octanol–water partition coefficient (Wildman–Crippen LogP) is 3.33. The second-order valence-electron chi connectivity index (χ2n) is 3.82. The number of nitrogens with two attached hydrogens (primary N) is 1. The van der Waals surface area contributed by atoms with Crippen molar-refractivity contribution < 1.29 is 4.79 Å². The third-order valence-electron chi connectivity index (χ3n) is 2.43. The summed E-state index contributed by atoms with van der Waals surface area (Å²) < 4.78 is 0. The normalized spacial score (nSPS) is 11.6. The van der Waals surface area contributed by atoms with Gasteiger partial charge < -0.3 is 11.1 Å². The van der Waals surface area contributed by atoms with Gasteiger partial charge in [-0.25, -0.2) is 0 Å². The van der Waals surface area contributed by atoms with Gasteiger partial charge in [0.25, 0.3) is 0 Å². The highest BCUT2D eigenvalue weighted by atomic mass is 35.5. The van der Waals surface area contributed by atoms with Gasteiger partial charge in [-0.05, 0) is 31.5 Å². The molecule has 0 saturated heterocycles. The zero-order valence-electron chi connectivity index (χ0n) is 10.1. The van der Waals surface area contributed by atoms with E-state index in [1.807, 2.05) is 19.1 Å². The van der Waals surface area contributed by atoms with Crippen LogP contribution in [-0.2, 0) is 4.79 Å². The SMILES string of the molecule is CC(NC(=O)CCCN)c1cccc(Cl)c1Cl.Cl. The van der Waals surface area contributed by atoms with E-state index in [2.05, 4.69) is 5.32 Å². The quantitative estimate of drug-likeness (QED) is 0.876. The molecule has 0 radical (unpaired) electrons. The van der Waals surface area contributed by atoms with Gasteiger partial charge in [0.2, 0.25) is 5.91 Å². The highest BCUT2D eigenvalue weighted by molar-refractivity contribution is 6.42. The van der Waals surface area contributed by atoms with E-state index in [1.165, 1.54) is 0 Å². The van der Waals surface area contributed by atoms with E-state index >= 15 is 0 Å². The standard InChI is InChI=1S/C12H16Cl2N2O.ClH/c1-8(16-11(17)6-3-7-15)9-4-2-5-10(13)12(9)14;/h2,4-5,8H,3,6-7,15H2,1H3,(H,16,17);1H. The number of hydrogen-bond acceptors (Lipinski definition) is 2. The summed E-state index contributed by atoms with van der Waals surface area (Å²) in [6.45, 7) is 2.39. The Morgan fingerprint density at radius 3 is 2.72 bits per heavy atom. The van der Waals surface area contributed by atoms with Gasteiger partial charge in [0.15, 0.2) is 0 Å². The maximum Gasteiger partial charge on any atom is 0.220 e. The molecule has 3 N–H and O–H groups in total. The molecule has 1 atom stereocenters. The molecule has 6 heteroatoms. The lowest BCUT2D eigenvalue weighted by Crippen LogP contribution is -2.27. The maximum absolute atomic E-state index is 11.5. The Morgan fingerprint density at radius 1 is 1.44 bits per heavy atom. The van der Waals surface area contributed by atoms with Gasteiger partial charge >= 0.3 is 0 Å². The minimum absolute atomic E-state index is 0. The van der Waals surface area contributed by atoms with E-state index in [1.54, 1.807) is 6.07 Å². The van der Waals surface area contributed by atoms with E-state index in [-0.39, 0.29) is 24.4 Å². The zero-order chi connectivity index (χ0) is 12.8. The molecule has 0 aliphatic carbocycles. The molecule has 1 aromatic rings. The van der Waals surface area contributed by atoms with Crippen molar-refractivity contribution in [2.24, 2.45) is 5.73 Å². The Bertz CT molecular complexity index is 399. The molecule has 102 valence electrons. The summed E-state index contributed by atoms with van der Waals surface area (Å²) in [4.78, 5) is 11.5. The van der Waals surface area contributed by atoms with Crippen LogP contribution in [0.1, 0.15) is 31.4 Å². The van der Waals surface area contributed by atoms with Gasteiger partial charge in [-0.15, -0.1) is 12.4 Å². The first-order valence-electron chi connectivity index (χ1n) is 5.49. The van der Waals surface area contributed by atoms with Crippen molar-refractivity contribution in [1.29, 1.82) is 0 Å². The summed E-state index contributed by atoms with van der Waals surface area (Å²) in [6, 6.07) is 5.22. The number of carbonyl (C=O) groups is 1. The van der Waals surface area contributed by atoms with E-state index in [0.29, 0.717) is 29.4 Å². The lowest BCUT2D eigenvalue weighted by molar-refractivity contribution is -0.121. The summed E-state index contributed by atoms with van der Waals surface area (Å²) in [7, 11) is 0. The van der Waals surface area contributed by atoms with Gasteiger partial charge in [0, 0.05) is 6.42 Å². The predicted molar refractivity (Wildman–Crippen MR) is 78.6 cm³/mol. The fourth-order valence-electron chi connectivity index (χ4n) is 1.51. The summed E-state index contributed by atoms with van der Waals surface area (Å²) in [6.07, 6.45) is 1.11. The van der Waals surface area contributed by atoms with Crippen molar-refractivity contribution in [2.75, 3.05) is 6.54 Å². The minimum atomic E-state index is -0.161. The molecule has 0 fully saturated rings. The molecule has 1 amide bonds. The van der Waals surface area contributed by atoms with Gasteiger partial charge in [0.05, 0.1) is 16.1 Å². The van der Waals surface area contributed by atoms with Crippen LogP contribution in [0, 0.1) is 0 Å². The molecule has 1 rings (SSSR count). The van der Waals surface area contributed by atoms with Crippen LogP contribution in [-0.4, -0.2) is 12.5 Å². The van der Waals surface area contributed by atoms with Crippen LogP contribution >= 0.6 is 35.6 Å². The van der Waals surface area contributed by atoms with Gasteiger partial charge in [-0.2, -0.15) is 0 Å². The maximum atomic E-state index is 11.5. The Morgan fingerprint density at radius 2 is 2.11 bits per heavy atom. The molecule has 0 saturated carbocycles. The largest absolute Gasteiger partial charge is 0.350 e. The van der Waals surface area contributed by atoms with Crippen molar-refractivity contribution >= 4 is 41.5 Å². The van der Waals surface area contributed by atoms with Crippen molar-refractivity contribution in [1.82, 2.24) is 5.32 Å². The summed E-state index contributed by atoms with van der Waals surface area (Å²) in [5.74, 6) is -0.0287. The Balaban J connectivity index is 0.00000289. The molecule has 0 aliphatic rings. The van der Waals surface area contributed by atoms with E-state index in [0.717, 1.165) is 5.56 Å². The Kier molecular flexibility index (Phi) is 8.36. The van der Waals surface area contributed by atoms with Crippen LogP contribution in [0.4, 0.5) is 0 Å². The zero-order valence-corrected chi connectivity index (χ0v) is 12.4. The third kappa shape index (κ3) is 5.02. The van der Waals surface area contributed by atoms with Crippen molar-refractivity contribution in [3.63, 3.8) is 0 Å². The topological polar surface area (TPSA) is 55.1 Å². The molecule has 0 heterocycles. The lowest BCUT2D eigenvalue weighted by Gasteiger charge is -2.16. The first kappa shape index (κ1) is 17.5. The number of rotatable bonds is 5. The molecule has 0 bridgehead atoms. The van der Waals surface area contributed by atoms with E-state index in [4.69, 9.17) is 28.9 Å². The number of nitrogens with one attached hydrogen (secondary N) is 1. The second kappa shape index (κ2) is 8.59. The van der Waals surface area contributed by atoms with Crippen LogP contribution in [0.3, 0.4) is 0 Å². The lowest BCUT2D eigenvalue weighted by atomic mass is 10.1. The summed E-state index contributed by atoms with van der Waals surface area (Å²) >= 11 is 12.0.